The monoisotopic (exact) mass is 209 g/mol. The SMILES string of the molecule is COCC(=O)N[C@H](CO)c1ccccc1. The third-order valence-corrected chi connectivity index (χ3v) is 2.00. The highest BCUT2D eigenvalue weighted by atomic mass is 16.5. The van der Waals surface area contributed by atoms with Crippen LogP contribution < -0.4 is 5.32 Å². The van der Waals surface area contributed by atoms with E-state index in [4.69, 9.17) is 9.84 Å². The third-order valence-electron chi connectivity index (χ3n) is 2.00. The van der Waals surface area contributed by atoms with E-state index in [2.05, 4.69) is 5.32 Å². The van der Waals surface area contributed by atoms with Crippen LogP contribution in [0.1, 0.15) is 11.6 Å². The lowest BCUT2D eigenvalue weighted by Crippen LogP contribution is -2.33. The first-order valence-corrected chi connectivity index (χ1v) is 4.72. The summed E-state index contributed by atoms with van der Waals surface area (Å²) in [5, 5.41) is 11.8. The second-order valence-electron chi connectivity index (χ2n) is 3.15. The van der Waals surface area contributed by atoms with Crippen LogP contribution in [0.2, 0.25) is 0 Å². The van der Waals surface area contributed by atoms with Crippen molar-refractivity contribution in [3.05, 3.63) is 35.9 Å². The minimum Gasteiger partial charge on any atom is -0.394 e. The van der Waals surface area contributed by atoms with E-state index in [1.165, 1.54) is 7.11 Å². The summed E-state index contributed by atoms with van der Waals surface area (Å²) in [6.07, 6.45) is 0. The van der Waals surface area contributed by atoms with Crippen molar-refractivity contribution in [2.75, 3.05) is 20.3 Å². The van der Waals surface area contributed by atoms with Crippen LogP contribution in [0.4, 0.5) is 0 Å². The molecule has 2 N–H and O–H groups in total. The van der Waals surface area contributed by atoms with E-state index in [1.807, 2.05) is 30.3 Å². The highest BCUT2D eigenvalue weighted by molar-refractivity contribution is 5.77. The number of carbonyl (C=O) groups is 1. The second-order valence-corrected chi connectivity index (χ2v) is 3.15. The van der Waals surface area contributed by atoms with E-state index in [-0.39, 0.29) is 25.2 Å². The molecule has 1 amide bonds. The maximum atomic E-state index is 11.2. The van der Waals surface area contributed by atoms with Gasteiger partial charge in [-0.3, -0.25) is 4.79 Å². The van der Waals surface area contributed by atoms with Crippen LogP contribution >= 0.6 is 0 Å². The van der Waals surface area contributed by atoms with E-state index >= 15 is 0 Å². The van der Waals surface area contributed by atoms with Crippen LogP contribution in [-0.4, -0.2) is 31.3 Å². The summed E-state index contributed by atoms with van der Waals surface area (Å²) in [5.41, 5.74) is 0.879. The van der Waals surface area contributed by atoms with E-state index in [0.29, 0.717) is 0 Å². The largest absolute Gasteiger partial charge is 0.394 e. The molecular formula is C11H15NO3. The first-order chi connectivity index (χ1) is 7.27. The van der Waals surface area contributed by atoms with Crippen LogP contribution in [0, 0.1) is 0 Å². The molecule has 1 aromatic rings. The summed E-state index contributed by atoms with van der Waals surface area (Å²) in [6.45, 7) is -0.122. The standard InChI is InChI=1S/C11H15NO3/c1-15-8-11(14)12-10(7-13)9-5-3-2-4-6-9/h2-6,10,13H,7-8H2,1H3,(H,12,14)/t10-/m1/s1. The Morgan fingerprint density at radius 2 is 2.13 bits per heavy atom. The zero-order chi connectivity index (χ0) is 11.1. The van der Waals surface area contributed by atoms with Crippen molar-refractivity contribution < 1.29 is 14.6 Å². The van der Waals surface area contributed by atoms with E-state index < -0.39 is 0 Å². The predicted octanol–water partition coefficient (Wildman–Crippen LogP) is 0.483. The molecule has 1 rings (SSSR count). The predicted molar refractivity (Wildman–Crippen MR) is 56.3 cm³/mol. The quantitative estimate of drug-likeness (QED) is 0.741. The van der Waals surface area contributed by atoms with Gasteiger partial charge in [0.15, 0.2) is 0 Å². The molecule has 0 aliphatic carbocycles. The fourth-order valence-corrected chi connectivity index (χ4v) is 1.29. The molecule has 0 heterocycles. The molecule has 0 saturated heterocycles. The van der Waals surface area contributed by atoms with Gasteiger partial charge in [0, 0.05) is 7.11 Å². The molecule has 0 saturated carbocycles. The number of carbonyl (C=O) groups excluding carboxylic acids is 1. The van der Waals surface area contributed by atoms with Crippen molar-refractivity contribution >= 4 is 5.91 Å². The molecule has 0 aliphatic rings. The van der Waals surface area contributed by atoms with Crippen LogP contribution in [0.25, 0.3) is 0 Å². The Morgan fingerprint density at radius 3 is 2.67 bits per heavy atom. The van der Waals surface area contributed by atoms with Gasteiger partial charge < -0.3 is 15.2 Å². The van der Waals surface area contributed by atoms with Gasteiger partial charge in [0.1, 0.15) is 6.61 Å². The molecule has 1 aromatic carbocycles. The van der Waals surface area contributed by atoms with Gasteiger partial charge in [0.05, 0.1) is 12.6 Å². The molecule has 4 heteroatoms. The minimum absolute atomic E-state index is 0.00331. The number of methoxy groups -OCH3 is 1. The van der Waals surface area contributed by atoms with Crippen LogP contribution in [0.3, 0.4) is 0 Å². The number of rotatable bonds is 5. The van der Waals surface area contributed by atoms with E-state index in [9.17, 15) is 4.79 Å². The lowest BCUT2D eigenvalue weighted by atomic mass is 10.1. The average molecular weight is 209 g/mol. The van der Waals surface area contributed by atoms with Gasteiger partial charge in [-0.2, -0.15) is 0 Å². The topological polar surface area (TPSA) is 58.6 Å². The molecule has 0 radical (unpaired) electrons. The average Bonchev–Trinajstić information content (AvgIpc) is 2.27. The molecule has 0 fully saturated rings. The molecule has 0 aliphatic heterocycles. The lowest BCUT2D eigenvalue weighted by molar-refractivity contribution is -0.125. The number of aliphatic hydroxyl groups is 1. The number of ether oxygens (including phenoxy) is 1. The zero-order valence-electron chi connectivity index (χ0n) is 8.64. The number of amides is 1. The molecule has 1 atom stereocenters. The molecule has 15 heavy (non-hydrogen) atoms. The number of benzene rings is 1. The lowest BCUT2D eigenvalue weighted by Gasteiger charge is -2.16. The third kappa shape index (κ3) is 3.69. The second kappa shape index (κ2) is 6.16. The Bertz CT molecular complexity index is 300. The zero-order valence-corrected chi connectivity index (χ0v) is 8.64. The van der Waals surface area contributed by atoms with Gasteiger partial charge in [-0.1, -0.05) is 30.3 Å². The Hall–Kier alpha value is -1.39. The van der Waals surface area contributed by atoms with Gasteiger partial charge in [0.2, 0.25) is 5.91 Å². The highest BCUT2D eigenvalue weighted by Gasteiger charge is 2.12. The fraction of sp³-hybridized carbons (Fsp3) is 0.364. The maximum Gasteiger partial charge on any atom is 0.246 e. The van der Waals surface area contributed by atoms with Crippen LogP contribution in [-0.2, 0) is 9.53 Å². The Morgan fingerprint density at radius 1 is 1.47 bits per heavy atom. The number of hydrogen-bond donors (Lipinski definition) is 2. The normalized spacial score (nSPS) is 12.1. The van der Waals surface area contributed by atoms with Gasteiger partial charge in [0.25, 0.3) is 0 Å². The number of aliphatic hydroxyl groups excluding tert-OH is 1. The minimum atomic E-state index is -0.367. The van der Waals surface area contributed by atoms with E-state index in [1.54, 1.807) is 0 Å². The summed E-state index contributed by atoms with van der Waals surface area (Å²) in [4.78, 5) is 11.2. The van der Waals surface area contributed by atoms with Gasteiger partial charge in [-0.25, -0.2) is 0 Å². The summed E-state index contributed by atoms with van der Waals surface area (Å²) in [7, 11) is 1.45. The summed E-state index contributed by atoms with van der Waals surface area (Å²) >= 11 is 0. The molecule has 82 valence electrons. The van der Waals surface area contributed by atoms with Crippen molar-refractivity contribution in [2.24, 2.45) is 0 Å². The van der Waals surface area contributed by atoms with Gasteiger partial charge in [-0.05, 0) is 5.56 Å². The van der Waals surface area contributed by atoms with Crippen LogP contribution in [0.15, 0.2) is 30.3 Å². The maximum absolute atomic E-state index is 11.2. The summed E-state index contributed by atoms with van der Waals surface area (Å²) < 4.78 is 4.69. The van der Waals surface area contributed by atoms with Crippen molar-refractivity contribution in [1.82, 2.24) is 5.32 Å². The smallest absolute Gasteiger partial charge is 0.246 e. The van der Waals surface area contributed by atoms with Crippen molar-refractivity contribution in [1.29, 1.82) is 0 Å². The summed E-state index contributed by atoms with van der Waals surface area (Å²) in [5.74, 6) is -0.236. The van der Waals surface area contributed by atoms with E-state index in [0.717, 1.165) is 5.56 Å². The van der Waals surface area contributed by atoms with Crippen molar-refractivity contribution in [3.8, 4) is 0 Å². The first kappa shape index (κ1) is 11.7. The van der Waals surface area contributed by atoms with Crippen molar-refractivity contribution in [2.45, 2.75) is 6.04 Å². The first-order valence-electron chi connectivity index (χ1n) is 4.72. The highest BCUT2D eigenvalue weighted by Crippen LogP contribution is 2.10. The van der Waals surface area contributed by atoms with Gasteiger partial charge in [-0.15, -0.1) is 0 Å². The molecular weight excluding hydrogens is 194 g/mol. The number of hydrogen-bond acceptors (Lipinski definition) is 3. The molecule has 0 spiro atoms. The number of nitrogens with one attached hydrogen (secondary N) is 1. The Kier molecular flexibility index (Phi) is 4.80. The Labute approximate surface area is 88.9 Å². The van der Waals surface area contributed by atoms with Gasteiger partial charge >= 0.3 is 0 Å². The molecule has 0 unspecified atom stereocenters. The summed E-state index contributed by atoms with van der Waals surface area (Å²) in [6, 6.07) is 8.95. The molecule has 4 nitrogen and oxygen atoms in total. The molecule has 0 aromatic heterocycles. The Balaban J connectivity index is 2.61. The fourth-order valence-electron chi connectivity index (χ4n) is 1.29. The van der Waals surface area contributed by atoms with Crippen LogP contribution in [0.5, 0.6) is 0 Å². The van der Waals surface area contributed by atoms with Crippen molar-refractivity contribution in [3.63, 3.8) is 0 Å². The molecule has 0 bridgehead atoms.